The Bertz CT molecular complexity index is 432. The number of rotatable bonds is 4. The molecule has 2 heterocycles. The van der Waals surface area contributed by atoms with E-state index in [9.17, 15) is 13.2 Å². The van der Waals surface area contributed by atoms with Gasteiger partial charge in [0.2, 0.25) is 5.82 Å². The summed E-state index contributed by atoms with van der Waals surface area (Å²) in [5.41, 5.74) is 5.34. The smallest absolute Gasteiger partial charge is 0.384 e. The maximum absolute atomic E-state index is 12.5. The molecule has 1 aliphatic heterocycles. The molecule has 0 aliphatic carbocycles. The largest absolute Gasteiger partial charge is 0.451 e. The highest BCUT2D eigenvalue weighted by molar-refractivity contribution is 5.44. The zero-order valence-electron chi connectivity index (χ0n) is 10.2. The summed E-state index contributed by atoms with van der Waals surface area (Å²) in [6, 6.07) is 1.29. The number of anilines is 2. The molecule has 2 rings (SSSR count). The fraction of sp³-hybridized carbons (Fsp3) is 0.636. The lowest BCUT2D eigenvalue weighted by Crippen LogP contribution is -2.16. The number of nitrogens with one attached hydrogen (secondary N) is 1. The summed E-state index contributed by atoms with van der Waals surface area (Å²) in [5.74, 6) is -0.874. The summed E-state index contributed by atoms with van der Waals surface area (Å²) in [6.45, 7) is 1.99. The van der Waals surface area contributed by atoms with E-state index in [1.807, 2.05) is 0 Å². The quantitative estimate of drug-likeness (QED) is 0.879. The van der Waals surface area contributed by atoms with Crippen LogP contribution in [0.15, 0.2) is 6.07 Å². The van der Waals surface area contributed by atoms with Crippen LogP contribution in [0.3, 0.4) is 0 Å². The van der Waals surface area contributed by atoms with Crippen LogP contribution in [0.4, 0.5) is 24.8 Å². The van der Waals surface area contributed by atoms with Crippen molar-refractivity contribution in [2.24, 2.45) is 5.92 Å². The van der Waals surface area contributed by atoms with E-state index in [2.05, 4.69) is 15.3 Å². The van der Waals surface area contributed by atoms with E-state index >= 15 is 0 Å². The maximum Gasteiger partial charge on any atom is 0.451 e. The highest BCUT2D eigenvalue weighted by atomic mass is 19.4. The number of nitrogens with zero attached hydrogens (tertiary/aromatic N) is 2. The van der Waals surface area contributed by atoms with Crippen molar-refractivity contribution in [2.75, 3.05) is 30.8 Å². The molecule has 1 fully saturated rings. The Morgan fingerprint density at radius 1 is 1.42 bits per heavy atom. The Morgan fingerprint density at radius 3 is 2.84 bits per heavy atom. The van der Waals surface area contributed by atoms with Crippen LogP contribution in [0.5, 0.6) is 0 Å². The second kappa shape index (κ2) is 5.60. The summed E-state index contributed by atoms with van der Waals surface area (Å²) in [4.78, 5) is 6.58. The van der Waals surface area contributed by atoms with Gasteiger partial charge in [0, 0.05) is 25.8 Å². The number of alkyl halides is 3. The van der Waals surface area contributed by atoms with E-state index in [0.717, 1.165) is 19.4 Å². The minimum atomic E-state index is -4.59. The zero-order valence-corrected chi connectivity index (χ0v) is 10.2. The van der Waals surface area contributed by atoms with Crippen molar-refractivity contribution in [1.29, 1.82) is 0 Å². The average Bonchev–Trinajstić information content (AvgIpc) is 2.80. The highest BCUT2D eigenvalue weighted by Crippen LogP contribution is 2.27. The topological polar surface area (TPSA) is 73.1 Å². The third kappa shape index (κ3) is 3.95. The van der Waals surface area contributed by atoms with Crippen molar-refractivity contribution >= 4 is 11.6 Å². The standard InChI is InChI=1S/C11H15F3N4O/c12-11(13,14)10-17-8(15)5-9(18-10)16-3-1-7-2-4-19-6-7/h5,7H,1-4,6H2,(H3,15,16,17,18). The summed E-state index contributed by atoms with van der Waals surface area (Å²) in [6.07, 6.45) is -2.78. The zero-order chi connectivity index (χ0) is 13.9. The molecule has 1 aromatic heterocycles. The molecule has 5 nitrogen and oxygen atoms in total. The van der Waals surface area contributed by atoms with Crippen LogP contribution in [0.1, 0.15) is 18.7 Å². The summed E-state index contributed by atoms with van der Waals surface area (Å²) in [5, 5.41) is 2.84. The second-order valence-corrected chi connectivity index (χ2v) is 4.44. The van der Waals surface area contributed by atoms with Crippen LogP contribution in [0.2, 0.25) is 0 Å². The van der Waals surface area contributed by atoms with E-state index in [4.69, 9.17) is 10.5 Å². The van der Waals surface area contributed by atoms with Crippen LogP contribution in [-0.4, -0.2) is 29.7 Å². The molecule has 0 spiro atoms. The Hall–Kier alpha value is -1.57. The molecular weight excluding hydrogens is 261 g/mol. The lowest BCUT2D eigenvalue weighted by atomic mass is 10.1. The number of nitrogen functional groups attached to an aromatic ring is 1. The van der Waals surface area contributed by atoms with Gasteiger partial charge in [0.05, 0.1) is 0 Å². The third-order valence-corrected chi connectivity index (χ3v) is 2.88. The number of halogens is 3. The van der Waals surface area contributed by atoms with Gasteiger partial charge in [0.15, 0.2) is 0 Å². The first kappa shape index (κ1) is 13.9. The molecule has 3 N–H and O–H groups in total. The lowest BCUT2D eigenvalue weighted by molar-refractivity contribution is -0.144. The highest BCUT2D eigenvalue weighted by Gasteiger charge is 2.35. The lowest BCUT2D eigenvalue weighted by Gasteiger charge is -2.11. The first-order valence-electron chi connectivity index (χ1n) is 5.98. The molecule has 19 heavy (non-hydrogen) atoms. The van der Waals surface area contributed by atoms with E-state index in [0.29, 0.717) is 19.1 Å². The summed E-state index contributed by atoms with van der Waals surface area (Å²) < 4.78 is 42.7. The fourth-order valence-corrected chi connectivity index (χ4v) is 1.90. The van der Waals surface area contributed by atoms with Crippen molar-refractivity contribution in [3.05, 3.63) is 11.9 Å². The van der Waals surface area contributed by atoms with Gasteiger partial charge in [-0.3, -0.25) is 0 Å². The number of nitrogens with two attached hydrogens (primary N) is 1. The molecule has 8 heteroatoms. The molecule has 1 aromatic rings. The molecule has 106 valence electrons. The monoisotopic (exact) mass is 276 g/mol. The van der Waals surface area contributed by atoms with Crippen LogP contribution in [0, 0.1) is 5.92 Å². The van der Waals surface area contributed by atoms with Gasteiger partial charge in [-0.15, -0.1) is 0 Å². The van der Waals surface area contributed by atoms with Crippen molar-refractivity contribution in [2.45, 2.75) is 19.0 Å². The van der Waals surface area contributed by atoms with Gasteiger partial charge in [-0.2, -0.15) is 13.2 Å². The molecule has 1 aliphatic rings. The van der Waals surface area contributed by atoms with Gasteiger partial charge in [-0.1, -0.05) is 0 Å². The van der Waals surface area contributed by atoms with Gasteiger partial charge < -0.3 is 15.8 Å². The average molecular weight is 276 g/mol. The maximum atomic E-state index is 12.5. The van der Waals surface area contributed by atoms with E-state index in [1.165, 1.54) is 6.07 Å². The molecule has 0 bridgehead atoms. The van der Waals surface area contributed by atoms with Gasteiger partial charge in [-0.05, 0) is 18.8 Å². The minimum Gasteiger partial charge on any atom is -0.384 e. The molecule has 1 unspecified atom stereocenters. The predicted octanol–water partition coefficient (Wildman–Crippen LogP) is 1.92. The number of ether oxygens (including phenoxy) is 1. The number of aromatic nitrogens is 2. The predicted molar refractivity (Wildman–Crippen MR) is 63.5 cm³/mol. The number of hydrogen-bond acceptors (Lipinski definition) is 5. The molecule has 1 saturated heterocycles. The summed E-state index contributed by atoms with van der Waals surface area (Å²) >= 11 is 0. The van der Waals surface area contributed by atoms with E-state index in [-0.39, 0.29) is 11.6 Å². The third-order valence-electron chi connectivity index (χ3n) is 2.88. The second-order valence-electron chi connectivity index (χ2n) is 4.44. The van der Waals surface area contributed by atoms with Crippen molar-refractivity contribution < 1.29 is 17.9 Å². The van der Waals surface area contributed by atoms with Crippen LogP contribution in [-0.2, 0) is 10.9 Å². The van der Waals surface area contributed by atoms with Crippen molar-refractivity contribution in [1.82, 2.24) is 9.97 Å². The minimum absolute atomic E-state index is 0.0961. The van der Waals surface area contributed by atoms with Gasteiger partial charge in [-0.25, -0.2) is 9.97 Å². The van der Waals surface area contributed by atoms with E-state index in [1.54, 1.807) is 0 Å². The molecule has 0 amide bonds. The molecule has 0 aromatic carbocycles. The molecule has 0 saturated carbocycles. The van der Waals surface area contributed by atoms with Crippen LogP contribution < -0.4 is 11.1 Å². The van der Waals surface area contributed by atoms with Gasteiger partial charge >= 0.3 is 6.18 Å². The Kier molecular flexibility index (Phi) is 4.08. The SMILES string of the molecule is Nc1cc(NCCC2CCOC2)nc(C(F)(F)F)n1. The summed E-state index contributed by atoms with van der Waals surface area (Å²) in [7, 11) is 0. The van der Waals surface area contributed by atoms with E-state index < -0.39 is 12.0 Å². The normalized spacial score (nSPS) is 19.6. The fourth-order valence-electron chi connectivity index (χ4n) is 1.90. The molecule has 1 atom stereocenters. The van der Waals surface area contributed by atoms with Crippen LogP contribution >= 0.6 is 0 Å². The Morgan fingerprint density at radius 2 is 2.21 bits per heavy atom. The first-order chi connectivity index (χ1) is 8.95. The van der Waals surface area contributed by atoms with Crippen molar-refractivity contribution in [3.63, 3.8) is 0 Å². The molecular formula is C11H15F3N4O. The first-order valence-corrected chi connectivity index (χ1v) is 5.98. The van der Waals surface area contributed by atoms with Crippen molar-refractivity contribution in [3.8, 4) is 0 Å². The Labute approximate surface area is 108 Å². The van der Waals surface area contributed by atoms with Gasteiger partial charge in [0.1, 0.15) is 11.6 Å². The molecule has 0 radical (unpaired) electrons. The Balaban J connectivity index is 1.94. The number of hydrogen-bond donors (Lipinski definition) is 2. The van der Waals surface area contributed by atoms with Crippen LogP contribution in [0.25, 0.3) is 0 Å². The van der Waals surface area contributed by atoms with Gasteiger partial charge in [0.25, 0.3) is 0 Å².